The summed E-state index contributed by atoms with van der Waals surface area (Å²) in [6.45, 7) is 0. The molecule has 0 amide bonds. The summed E-state index contributed by atoms with van der Waals surface area (Å²) >= 11 is 0. The number of Topliss-reactive ketones (excluding diaryl/α,β-unsaturated/α-hetero) is 1. The highest BCUT2D eigenvalue weighted by atomic mass is 16.1. The zero-order chi connectivity index (χ0) is 15.6. The van der Waals surface area contributed by atoms with Gasteiger partial charge in [-0.05, 0) is 29.8 Å². The molecule has 0 unspecified atom stereocenters. The summed E-state index contributed by atoms with van der Waals surface area (Å²) in [5.74, 6) is 0.0691. The molecule has 0 aliphatic rings. The number of hydrogen-bond acceptors (Lipinski definition) is 3. The van der Waals surface area contributed by atoms with E-state index in [0.29, 0.717) is 12.0 Å². The van der Waals surface area contributed by atoms with E-state index in [1.807, 2.05) is 48.5 Å². The van der Waals surface area contributed by atoms with Crippen LogP contribution in [0, 0.1) is 0 Å². The molecule has 3 nitrogen and oxygen atoms in total. The van der Waals surface area contributed by atoms with Gasteiger partial charge in [-0.3, -0.25) is 9.78 Å². The van der Waals surface area contributed by atoms with Gasteiger partial charge in [0.15, 0.2) is 5.78 Å². The molecule has 0 saturated heterocycles. The van der Waals surface area contributed by atoms with Crippen LogP contribution in [0.1, 0.15) is 15.9 Å². The van der Waals surface area contributed by atoms with Gasteiger partial charge in [0, 0.05) is 35.2 Å². The highest BCUT2D eigenvalue weighted by molar-refractivity contribution is 6.05. The number of ketones is 1. The molecule has 0 radical (unpaired) electrons. The normalized spacial score (nSPS) is 11.0. The molecule has 0 spiro atoms. The van der Waals surface area contributed by atoms with Crippen molar-refractivity contribution >= 4 is 27.6 Å². The monoisotopic (exact) mass is 298 g/mol. The summed E-state index contributed by atoms with van der Waals surface area (Å²) in [7, 11) is 0. The molecule has 4 rings (SSSR count). The van der Waals surface area contributed by atoms with Gasteiger partial charge in [0.2, 0.25) is 0 Å². The van der Waals surface area contributed by atoms with E-state index < -0.39 is 0 Å². The fourth-order valence-electron chi connectivity index (χ4n) is 2.91. The summed E-state index contributed by atoms with van der Waals surface area (Å²) in [5.41, 5.74) is 3.50. The zero-order valence-electron chi connectivity index (χ0n) is 12.4. The van der Waals surface area contributed by atoms with E-state index in [9.17, 15) is 4.79 Å². The number of hydrogen-bond donors (Lipinski definition) is 0. The Morgan fingerprint density at radius 2 is 1.48 bits per heavy atom. The number of carbonyl (C=O) groups excluding carboxylic acids is 1. The lowest BCUT2D eigenvalue weighted by Gasteiger charge is -2.10. The first-order valence-electron chi connectivity index (χ1n) is 7.52. The molecule has 0 aliphatic heterocycles. The van der Waals surface area contributed by atoms with Crippen LogP contribution in [0.15, 0.2) is 73.1 Å². The number of carbonyl (C=O) groups is 1. The molecule has 0 aliphatic carbocycles. The van der Waals surface area contributed by atoms with Crippen LogP contribution in [-0.4, -0.2) is 15.8 Å². The van der Waals surface area contributed by atoms with Gasteiger partial charge >= 0.3 is 0 Å². The van der Waals surface area contributed by atoms with Crippen molar-refractivity contribution in [1.82, 2.24) is 9.97 Å². The van der Waals surface area contributed by atoms with Crippen LogP contribution in [0.5, 0.6) is 0 Å². The Kier molecular flexibility index (Phi) is 3.31. The Labute approximate surface area is 133 Å². The average Bonchev–Trinajstić information content (AvgIpc) is 2.62. The molecule has 3 heteroatoms. The fraction of sp³-hybridized carbons (Fsp3) is 0.0500. The molecule has 0 N–H and O–H groups in total. The molecule has 0 saturated carbocycles. The van der Waals surface area contributed by atoms with E-state index >= 15 is 0 Å². The Hall–Kier alpha value is -3.07. The Bertz CT molecular complexity index is 956. The van der Waals surface area contributed by atoms with Crippen LogP contribution in [0.3, 0.4) is 0 Å². The highest BCUT2D eigenvalue weighted by Gasteiger charge is 2.13. The number of benzene rings is 2. The molecule has 2 heterocycles. The fourth-order valence-corrected chi connectivity index (χ4v) is 2.91. The first kappa shape index (κ1) is 13.6. The number of aromatic nitrogens is 2. The molecule has 4 aromatic rings. The van der Waals surface area contributed by atoms with Crippen LogP contribution in [-0.2, 0) is 6.42 Å². The Balaban J connectivity index is 1.91. The van der Waals surface area contributed by atoms with Gasteiger partial charge in [-0.1, -0.05) is 36.4 Å². The maximum absolute atomic E-state index is 12.6. The Morgan fingerprint density at radius 3 is 2.09 bits per heavy atom. The molecular formula is C20H14N2O. The van der Waals surface area contributed by atoms with Crippen LogP contribution >= 0.6 is 0 Å². The minimum atomic E-state index is 0.0691. The van der Waals surface area contributed by atoms with Crippen molar-refractivity contribution in [2.75, 3.05) is 0 Å². The standard InChI is InChI=1S/C20H14N2O/c23-20(14-6-5-11-21-13-14)12-17-15-7-1-3-9-18(15)22-19-10-4-2-8-16(17)19/h1-11,13H,12H2. The SMILES string of the molecule is O=C(Cc1c2ccccc2nc2ccccc12)c1cccnc1. The number of para-hydroxylation sites is 2. The van der Waals surface area contributed by atoms with Crippen molar-refractivity contribution in [2.24, 2.45) is 0 Å². The number of pyridine rings is 2. The van der Waals surface area contributed by atoms with Gasteiger partial charge in [0.05, 0.1) is 11.0 Å². The van der Waals surface area contributed by atoms with Crippen LogP contribution in [0.4, 0.5) is 0 Å². The maximum atomic E-state index is 12.6. The third kappa shape index (κ3) is 2.46. The molecule has 110 valence electrons. The topological polar surface area (TPSA) is 42.9 Å². The molecule has 2 aromatic carbocycles. The van der Waals surface area contributed by atoms with Crippen LogP contribution in [0.25, 0.3) is 21.8 Å². The first-order chi connectivity index (χ1) is 11.3. The van der Waals surface area contributed by atoms with E-state index in [0.717, 1.165) is 27.4 Å². The van der Waals surface area contributed by atoms with E-state index in [-0.39, 0.29) is 5.78 Å². The molecule has 2 aromatic heterocycles. The minimum Gasteiger partial charge on any atom is -0.294 e. The van der Waals surface area contributed by atoms with Crippen molar-refractivity contribution in [3.63, 3.8) is 0 Å². The zero-order valence-corrected chi connectivity index (χ0v) is 12.4. The predicted octanol–water partition coefficient (Wildman–Crippen LogP) is 4.21. The number of fused-ring (bicyclic) bond motifs is 2. The van der Waals surface area contributed by atoms with E-state index in [1.54, 1.807) is 24.5 Å². The summed E-state index contributed by atoms with van der Waals surface area (Å²) in [5, 5.41) is 2.06. The lowest BCUT2D eigenvalue weighted by molar-refractivity contribution is 0.0993. The van der Waals surface area contributed by atoms with E-state index in [1.165, 1.54) is 0 Å². The second-order valence-electron chi connectivity index (χ2n) is 5.47. The summed E-state index contributed by atoms with van der Waals surface area (Å²) in [6.07, 6.45) is 3.64. The van der Waals surface area contributed by atoms with Crippen LogP contribution in [0.2, 0.25) is 0 Å². The average molecular weight is 298 g/mol. The van der Waals surface area contributed by atoms with Gasteiger partial charge < -0.3 is 0 Å². The van der Waals surface area contributed by atoms with Gasteiger partial charge in [-0.2, -0.15) is 0 Å². The molecule has 0 fully saturated rings. The lowest BCUT2D eigenvalue weighted by Crippen LogP contribution is -2.05. The Morgan fingerprint density at radius 1 is 0.826 bits per heavy atom. The first-order valence-corrected chi connectivity index (χ1v) is 7.52. The van der Waals surface area contributed by atoms with Gasteiger partial charge in [0.25, 0.3) is 0 Å². The molecule has 0 bridgehead atoms. The second kappa shape index (κ2) is 5.61. The summed E-state index contributed by atoms with van der Waals surface area (Å²) in [6, 6.07) is 19.5. The van der Waals surface area contributed by atoms with Gasteiger partial charge in [-0.25, -0.2) is 4.98 Å². The molecule has 23 heavy (non-hydrogen) atoms. The maximum Gasteiger partial charge on any atom is 0.168 e. The van der Waals surface area contributed by atoms with Crippen molar-refractivity contribution in [3.05, 3.63) is 84.2 Å². The van der Waals surface area contributed by atoms with E-state index in [2.05, 4.69) is 4.98 Å². The number of rotatable bonds is 3. The van der Waals surface area contributed by atoms with Crippen molar-refractivity contribution in [2.45, 2.75) is 6.42 Å². The molecule has 0 atom stereocenters. The third-order valence-corrected chi connectivity index (χ3v) is 4.02. The summed E-state index contributed by atoms with van der Waals surface area (Å²) < 4.78 is 0. The van der Waals surface area contributed by atoms with Crippen molar-refractivity contribution in [1.29, 1.82) is 0 Å². The summed E-state index contributed by atoms with van der Waals surface area (Å²) in [4.78, 5) is 21.4. The van der Waals surface area contributed by atoms with Crippen molar-refractivity contribution in [3.8, 4) is 0 Å². The number of nitrogens with zero attached hydrogens (tertiary/aromatic N) is 2. The molecular weight excluding hydrogens is 284 g/mol. The third-order valence-electron chi connectivity index (χ3n) is 4.02. The smallest absolute Gasteiger partial charge is 0.168 e. The second-order valence-corrected chi connectivity index (χ2v) is 5.47. The van der Waals surface area contributed by atoms with Crippen molar-refractivity contribution < 1.29 is 4.79 Å². The van der Waals surface area contributed by atoms with Crippen LogP contribution < -0.4 is 0 Å². The van der Waals surface area contributed by atoms with Gasteiger partial charge in [-0.15, -0.1) is 0 Å². The lowest BCUT2D eigenvalue weighted by atomic mass is 9.96. The predicted molar refractivity (Wildman–Crippen MR) is 91.5 cm³/mol. The highest BCUT2D eigenvalue weighted by Crippen LogP contribution is 2.27. The largest absolute Gasteiger partial charge is 0.294 e. The quantitative estimate of drug-likeness (QED) is 0.420. The minimum absolute atomic E-state index is 0.0691. The van der Waals surface area contributed by atoms with E-state index in [4.69, 9.17) is 4.98 Å². The van der Waals surface area contributed by atoms with Gasteiger partial charge in [0.1, 0.15) is 0 Å².